The topological polar surface area (TPSA) is 118 Å². The molecule has 0 aliphatic carbocycles. The van der Waals surface area contributed by atoms with E-state index in [1.165, 1.54) is 26.4 Å². The lowest BCUT2D eigenvalue weighted by Gasteiger charge is -2.10. The van der Waals surface area contributed by atoms with Crippen molar-refractivity contribution in [1.82, 2.24) is 16.2 Å². The minimum Gasteiger partial charge on any atom is -0.493 e. The maximum absolute atomic E-state index is 12.0. The van der Waals surface area contributed by atoms with Gasteiger partial charge in [-0.1, -0.05) is 29.3 Å². The number of methoxy groups -OCH3 is 2. The molecule has 0 spiro atoms. The van der Waals surface area contributed by atoms with Crippen LogP contribution in [0, 0.1) is 0 Å². The van der Waals surface area contributed by atoms with E-state index < -0.39 is 17.7 Å². The summed E-state index contributed by atoms with van der Waals surface area (Å²) in [6, 6.07) is 9.80. The lowest BCUT2D eigenvalue weighted by Crippen LogP contribution is -2.48. The molecule has 0 atom stereocenters. The second-order valence-corrected chi connectivity index (χ2v) is 7.86. The number of anilines is 1. The van der Waals surface area contributed by atoms with E-state index in [-0.39, 0.29) is 23.0 Å². The first kappa shape index (κ1) is 26.9. The van der Waals surface area contributed by atoms with Crippen LogP contribution in [-0.4, -0.2) is 37.1 Å². The highest BCUT2D eigenvalue weighted by Gasteiger charge is 2.10. The van der Waals surface area contributed by atoms with E-state index in [0.717, 1.165) is 0 Å². The Bertz CT molecular complexity index is 1110. The van der Waals surface area contributed by atoms with Gasteiger partial charge >= 0.3 is 0 Å². The first-order valence-electron chi connectivity index (χ1n) is 9.76. The van der Waals surface area contributed by atoms with Crippen LogP contribution < -0.4 is 31.0 Å². The van der Waals surface area contributed by atoms with E-state index in [0.29, 0.717) is 27.8 Å². The van der Waals surface area contributed by atoms with Crippen molar-refractivity contribution in [3.8, 4) is 11.5 Å². The minimum absolute atomic E-state index is 0.0976. The minimum atomic E-state index is -0.513. The summed E-state index contributed by atoms with van der Waals surface area (Å²) in [6.07, 6.45) is 2.60. The van der Waals surface area contributed by atoms with Gasteiger partial charge in [0.25, 0.3) is 0 Å². The van der Waals surface area contributed by atoms with Crippen LogP contribution in [0.2, 0.25) is 10.0 Å². The van der Waals surface area contributed by atoms with Crippen molar-refractivity contribution in [1.29, 1.82) is 0 Å². The third-order valence-corrected chi connectivity index (χ3v) is 4.92. The Morgan fingerprint density at radius 1 is 0.941 bits per heavy atom. The highest BCUT2D eigenvalue weighted by atomic mass is 35.5. The van der Waals surface area contributed by atoms with Gasteiger partial charge in [-0.3, -0.25) is 30.6 Å². The number of rotatable bonds is 8. The van der Waals surface area contributed by atoms with Crippen molar-refractivity contribution < 1.29 is 23.9 Å². The molecular weight excluding hydrogens is 503 g/mol. The van der Waals surface area contributed by atoms with Gasteiger partial charge in [0.15, 0.2) is 16.6 Å². The van der Waals surface area contributed by atoms with Gasteiger partial charge in [0.2, 0.25) is 17.7 Å². The van der Waals surface area contributed by atoms with Gasteiger partial charge < -0.3 is 14.8 Å². The predicted octanol–water partition coefficient (Wildman–Crippen LogP) is 3.46. The number of carbonyl (C=O) groups excluding carboxylic acids is 3. The lowest BCUT2D eigenvalue weighted by atomic mass is 10.2. The molecule has 4 N–H and O–H groups in total. The van der Waals surface area contributed by atoms with Crippen LogP contribution in [0.3, 0.4) is 0 Å². The zero-order valence-corrected chi connectivity index (χ0v) is 20.6. The first-order valence-corrected chi connectivity index (χ1v) is 10.9. The molecule has 2 aromatic carbocycles. The Morgan fingerprint density at radius 3 is 2.32 bits per heavy atom. The summed E-state index contributed by atoms with van der Waals surface area (Å²) in [5.74, 6) is -0.336. The highest BCUT2D eigenvalue weighted by Crippen LogP contribution is 2.28. The molecule has 0 saturated carbocycles. The van der Waals surface area contributed by atoms with Crippen LogP contribution in [0.25, 0.3) is 6.08 Å². The highest BCUT2D eigenvalue weighted by molar-refractivity contribution is 7.80. The molecule has 0 radical (unpaired) electrons. The average molecular weight is 525 g/mol. The summed E-state index contributed by atoms with van der Waals surface area (Å²) in [7, 11) is 3.04. The molecule has 0 aromatic heterocycles. The second kappa shape index (κ2) is 13.4. The first-order chi connectivity index (χ1) is 16.2. The fourth-order valence-electron chi connectivity index (χ4n) is 2.53. The maximum Gasteiger partial charge on any atom is 0.250 e. The third-order valence-electron chi connectivity index (χ3n) is 4.17. The quantitative estimate of drug-likeness (QED) is 0.237. The number of nitrogens with one attached hydrogen (secondary N) is 4. The van der Waals surface area contributed by atoms with Crippen molar-refractivity contribution in [2.75, 3.05) is 19.5 Å². The van der Waals surface area contributed by atoms with Gasteiger partial charge in [-0.15, -0.1) is 0 Å². The van der Waals surface area contributed by atoms with E-state index >= 15 is 0 Å². The molecule has 0 heterocycles. The Morgan fingerprint density at radius 2 is 1.65 bits per heavy atom. The summed E-state index contributed by atoms with van der Waals surface area (Å²) in [5.41, 5.74) is 5.80. The SMILES string of the molecule is COc1ccc(C=CC(=O)NC(=S)NNC(=O)CCC(=O)Nc2ccc(Cl)cc2Cl)cc1OC. The summed E-state index contributed by atoms with van der Waals surface area (Å²) >= 11 is 16.8. The number of hydrazine groups is 1. The molecule has 0 aliphatic heterocycles. The van der Waals surface area contributed by atoms with Crippen LogP contribution in [-0.2, 0) is 14.4 Å². The number of carbonyl (C=O) groups is 3. The maximum atomic E-state index is 12.0. The molecule has 34 heavy (non-hydrogen) atoms. The fraction of sp³-hybridized carbons (Fsp3) is 0.182. The molecule has 0 saturated heterocycles. The molecular formula is C22H22Cl2N4O5S. The average Bonchev–Trinajstić information content (AvgIpc) is 2.81. The van der Waals surface area contributed by atoms with E-state index in [9.17, 15) is 14.4 Å². The molecule has 2 aromatic rings. The second-order valence-electron chi connectivity index (χ2n) is 6.61. The third kappa shape index (κ3) is 8.89. The summed E-state index contributed by atoms with van der Waals surface area (Å²) in [4.78, 5) is 35.9. The standard InChI is InChI=1S/C22H22Cl2N4O5S/c1-32-17-7-3-13(11-18(17)33-2)4-8-20(30)26-22(34)28-27-21(31)10-9-19(29)25-16-6-5-14(23)12-15(16)24/h3-8,11-12H,9-10H2,1-2H3,(H,25,29)(H,27,31)(H2,26,28,30,34). The van der Waals surface area contributed by atoms with E-state index in [2.05, 4.69) is 21.5 Å². The van der Waals surface area contributed by atoms with E-state index in [1.807, 2.05) is 0 Å². The molecule has 9 nitrogen and oxygen atoms in total. The van der Waals surface area contributed by atoms with Crippen LogP contribution in [0.5, 0.6) is 11.5 Å². The number of hydrogen-bond acceptors (Lipinski definition) is 6. The van der Waals surface area contributed by atoms with Crippen molar-refractivity contribution in [3.63, 3.8) is 0 Å². The summed E-state index contributed by atoms with van der Waals surface area (Å²) in [6.45, 7) is 0. The van der Waals surface area contributed by atoms with Crippen molar-refractivity contribution >= 4 is 70.0 Å². The van der Waals surface area contributed by atoms with Crippen LogP contribution in [0.15, 0.2) is 42.5 Å². The zero-order chi connectivity index (χ0) is 25.1. The Balaban J connectivity index is 1.72. The van der Waals surface area contributed by atoms with Gasteiger partial charge in [0.05, 0.1) is 24.9 Å². The summed E-state index contributed by atoms with van der Waals surface area (Å²) < 4.78 is 10.4. The van der Waals surface area contributed by atoms with E-state index in [4.69, 9.17) is 44.9 Å². The van der Waals surface area contributed by atoms with Gasteiger partial charge in [0, 0.05) is 23.9 Å². The van der Waals surface area contributed by atoms with Gasteiger partial charge in [-0.25, -0.2) is 0 Å². The molecule has 3 amide bonds. The van der Waals surface area contributed by atoms with E-state index in [1.54, 1.807) is 36.4 Å². The molecule has 0 unspecified atom stereocenters. The lowest BCUT2D eigenvalue weighted by molar-refractivity contribution is -0.124. The molecule has 0 fully saturated rings. The van der Waals surface area contributed by atoms with Gasteiger partial charge in [-0.05, 0) is 54.2 Å². The van der Waals surface area contributed by atoms with Crippen LogP contribution in [0.4, 0.5) is 5.69 Å². The number of ether oxygens (including phenoxy) is 2. The molecule has 2 rings (SSSR count). The van der Waals surface area contributed by atoms with Crippen molar-refractivity contribution in [3.05, 3.63) is 58.1 Å². The number of halogens is 2. The van der Waals surface area contributed by atoms with Crippen LogP contribution >= 0.6 is 35.4 Å². The normalized spacial score (nSPS) is 10.4. The number of thiocarbonyl (C=S) groups is 1. The monoisotopic (exact) mass is 524 g/mol. The number of hydrogen-bond donors (Lipinski definition) is 4. The van der Waals surface area contributed by atoms with Crippen molar-refractivity contribution in [2.45, 2.75) is 12.8 Å². The Hall–Kier alpha value is -3.34. The fourth-order valence-corrected chi connectivity index (χ4v) is 3.14. The molecule has 12 heteroatoms. The summed E-state index contributed by atoms with van der Waals surface area (Å²) in [5, 5.41) is 5.58. The molecule has 180 valence electrons. The number of benzene rings is 2. The smallest absolute Gasteiger partial charge is 0.250 e. The number of amides is 3. The Kier molecular flexibility index (Phi) is 10.6. The molecule has 0 bridgehead atoms. The Labute approximate surface area is 211 Å². The largest absolute Gasteiger partial charge is 0.493 e. The predicted molar refractivity (Wildman–Crippen MR) is 135 cm³/mol. The van der Waals surface area contributed by atoms with Gasteiger partial charge in [0.1, 0.15) is 0 Å². The molecule has 0 aliphatic rings. The van der Waals surface area contributed by atoms with Gasteiger partial charge in [-0.2, -0.15) is 0 Å². The zero-order valence-electron chi connectivity index (χ0n) is 18.2. The van der Waals surface area contributed by atoms with Crippen molar-refractivity contribution in [2.24, 2.45) is 0 Å². The van der Waals surface area contributed by atoms with Crippen LogP contribution in [0.1, 0.15) is 18.4 Å².